The second-order valence-electron chi connectivity index (χ2n) is 2.39. The molecule has 0 heterocycles. The maximum Gasteiger partial charge on any atom is 0.309 e. The van der Waals surface area contributed by atoms with Gasteiger partial charge in [-0.15, -0.1) is 6.42 Å². The summed E-state index contributed by atoms with van der Waals surface area (Å²) >= 11 is 0. The number of benzene rings is 1. The normalized spacial score (nSPS) is 10.2. The second kappa shape index (κ2) is 3.94. The van der Waals surface area contributed by atoms with Gasteiger partial charge in [0, 0.05) is 0 Å². The van der Waals surface area contributed by atoms with Gasteiger partial charge in [-0.1, -0.05) is 18.2 Å². The number of hydrogen-bond acceptors (Lipinski definition) is 3. The van der Waals surface area contributed by atoms with Crippen LogP contribution in [0.15, 0.2) is 35.2 Å². The standard InChI is InChI=1S/C9H7NO3S/c1-2-9(11)10-14(12,13)8-6-4-3-5-7-8/h1,3-7H,(H,10,11). The van der Waals surface area contributed by atoms with Gasteiger partial charge in [0.1, 0.15) is 0 Å². The fourth-order valence-electron chi connectivity index (χ4n) is 0.810. The molecule has 0 aliphatic heterocycles. The summed E-state index contributed by atoms with van der Waals surface area (Å²) in [5, 5.41) is 0. The fourth-order valence-corrected chi connectivity index (χ4v) is 1.75. The molecule has 0 aromatic heterocycles. The highest BCUT2D eigenvalue weighted by Gasteiger charge is 2.14. The predicted molar refractivity (Wildman–Crippen MR) is 50.6 cm³/mol. The predicted octanol–water partition coefficient (Wildman–Crippen LogP) is 0.125. The van der Waals surface area contributed by atoms with Crippen LogP contribution in [0, 0.1) is 12.3 Å². The Morgan fingerprint density at radius 3 is 2.36 bits per heavy atom. The lowest BCUT2D eigenvalue weighted by Crippen LogP contribution is -2.29. The van der Waals surface area contributed by atoms with Gasteiger partial charge in [0.05, 0.1) is 4.90 Å². The highest BCUT2D eigenvalue weighted by molar-refractivity contribution is 7.90. The van der Waals surface area contributed by atoms with Crippen LogP contribution in [0.25, 0.3) is 0 Å². The third kappa shape index (κ3) is 2.34. The first-order chi connectivity index (χ1) is 6.56. The fraction of sp³-hybridized carbons (Fsp3) is 0. The minimum Gasteiger partial charge on any atom is -0.258 e. The van der Waals surface area contributed by atoms with Gasteiger partial charge in [0.15, 0.2) is 0 Å². The Kier molecular flexibility index (Phi) is 2.89. The van der Waals surface area contributed by atoms with E-state index in [0.717, 1.165) is 0 Å². The smallest absolute Gasteiger partial charge is 0.258 e. The number of nitrogens with one attached hydrogen (secondary N) is 1. The van der Waals surface area contributed by atoms with E-state index in [-0.39, 0.29) is 4.90 Å². The number of carbonyl (C=O) groups is 1. The van der Waals surface area contributed by atoms with Gasteiger partial charge in [0.2, 0.25) is 0 Å². The number of sulfonamides is 1. The molecule has 1 aromatic rings. The molecule has 0 spiro atoms. The Labute approximate surface area is 82.0 Å². The van der Waals surface area contributed by atoms with Gasteiger partial charge in [0.25, 0.3) is 10.0 Å². The first kappa shape index (κ1) is 10.3. The van der Waals surface area contributed by atoms with E-state index in [1.165, 1.54) is 12.1 Å². The van der Waals surface area contributed by atoms with Gasteiger partial charge in [-0.25, -0.2) is 13.1 Å². The molecule has 0 aliphatic rings. The molecular weight excluding hydrogens is 202 g/mol. The lowest BCUT2D eigenvalue weighted by atomic mass is 10.4. The lowest BCUT2D eigenvalue weighted by Gasteiger charge is -2.02. The molecule has 1 N–H and O–H groups in total. The van der Waals surface area contributed by atoms with E-state index >= 15 is 0 Å². The molecule has 4 nitrogen and oxygen atoms in total. The third-order valence-corrected chi connectivity index (χ3v) is 2.76. The SMILES string of the molecule is C#CC(=O)NS(=O)(=O)c1ccccc1. The van der Waals surface area contributed by atoms with Crippen LogP contribution in [0.2, 0.25) is 0 Å². The van der Waals surface area contributed by atoms with Crippen LogP contribution in [-0.4, -0.2) is 14.3 Å². The molecule has 1 amide bonds. The molecule has 0 aliphatic carbocycles. The monoisotopic (exact) mass is 209 g/mol. The van der Waals surface area contributed by atoms with Crippen LogP contribution in [0.5, 0.6) is 0 Å². The first-order valence-electron chi connectivity index (χ1n) is 3.65. The quantitative estimate of drug-likeness (QED) is 0.704. The molecule has 0 saturated heterocycles. The van der Waals surface area contributed by atoms with Crippen molar-refractivity contribution < 1.29 is 13.2 Å². The summed E-state index contributed by atoms with van der Waals surface area (Å²) in [6, 6.07) is 7.50. The molecule has 0 atom stereocenters. The van der Waals surface area contributed by atoms with E-state index in [9.17, 15) is 13.2 Å². The molecule has 0 saturated carbocycles. The van der Waals surface area contributed by atoms with Gasteiger partial charge in [-0.2, -0.15) is 0 Å². The molecule has 1 rings (SSSR count). The lowest BCUT2D eigenvalue weighted by molar-refractivity contribution is -0.114. The molecule has 0 bridgehead atoms. The Bertz CT molecular complexity index is 471. The van der Waals surface area contributed by atoms with E-state index in [1.54, 1.807) is 28.8 Å². The third-order valence-electron chi connectivity index (χ3n) is 1.41. The first-order valence-corrected chi connectivity index (χ1v) is 5.13. The van der Waals surface area contributed by atoms with Gasteiger partial charge in [-0.3, -0.25) is 4.79 Å². The summed E-state index contributed by atoms with van der Waals surface area (Å²) in [7, 11) is -3.81. The second-order valence-corrected chi connectivity index (χ2v) is 4.07. The van der Waals surface area contributed by atoms with Crippen LogP contribution in [0.1, 0.15) is 0 Å². The molecule has 1 aromatic carbocycles. The van der Waals surface area contributed by atoms with E-state index < -0.39 is 15.9 Å². The van der Waals surface area contributed by atoms with Crippen molar-refractivity contribution in [2.24, 2.45) is 0 Å². The zero-order valence-electron chi connectivity index (χ0n) is 7.10. The van der Waals surface area contributed by atoms with Crippen molar-refractivity contribution >= 4 is 15.9 Å². The van der Waals surface area contributed by atoms with Crippen molar-refractivity contribution in [3.63, 3.8) is 0 Å². The highest BCUT2D eigenvalue weighted by Crippen LogP contribution is 2.06. The molecule has 0 unspecified atom stereocenters. The average Bonchev–Trinajstić information content (AvgIpc) is 2.18. The van der Waals surface area contributed by atoms with Gasteiger partial charge >= 0.3 is 5.91 Å². The zero-order chi connectivity index (χ0) is 10.6. The number of amides is 1. The van der Waals surface area contributed by atoms with E-state index in [0.29, 0.717) is 0 Å². The molecule has 14 heavy (non-hydrogen) atoms. The van der Waals surface area contributed by atoms with Crippen molar-refractivity contribution in [3.05, 3.63) is 30.3 Å². The van der Waals surface area contributed by atoms with Crippen LogP contribution in [0.3, 0.4) is 0 Å². The Balaban J connectivity index is 3.00. The topological polar surface area (TPSA) is 63.2 Å². The molecule has 72 valence electrons. The number of hydrogen-bond donors (Lipinski definition) is 1. The highest BCUT2D eigenvalue weighted by atomic mass is 32.2. The summed E-state index contributed by atoms with van der Waals surface area (Å²) in [5.41, 5.74) is 0. The molecule has 0 fully saturated rings. The number of carbonyl (C=O) groups excluding carboxylic acids is 1. The Morgan fingerprint density at radius 2 is 1.86 bits per heavy atom. The minimum atomic E-state index is -3.81. The Morgan fingerprint density at radius 1 is 1.29 bits per heavy atom. The van der Waals surface area contributed by atoms with Crippen molar-refractivity contribution in [2.75, 3.05) is 0 Å². The van der Waals surface area contributed by atoms with E-state index in [1.807, 2.05) is 0 Å². The summed E-state index contributed by atoms with van der Waals surface area (Å²) in [5.74, 6) is 0.684. The van der Waals surface area contributed by atoms with Crippen molar-refractivity contribution in [2.45, 2.75) is 4.90 Å². The van der Waals surface area contributed by atoms with Gasteiger partial charge < -0.3 is 0 Å². The zero-order valence-corrected chi connectivity index (χ0v) is 7.91. The van der Waals surface area contributed by atoms with Crippen LogP contribution >= 0.6 is 0 Å². The van der Waals surface area contributed by atoms with Crippen molar-refractivity contribution in [3.8, 4) is 12.3 Å². The van der Waals surface area contributed by atoms with Crippen molar-refractivity contribution in [1.29, 1.82) is 0 Å². The Hall–Kier alpha value is -1.80. The van der Waals surface area contributed by atoms with E-state index in [2.05, 4.69) is 0 Å². The average molecular weight is 209 g/mol. The number of rotatable bonds is 2. The summed E-state index contributed by atoms with van der Waals surface area (Å²) < 4.78 is 24.5. The van der Waals surface area contributed by atoms with E-state index in [4.69, 9.17) is 6.42 Å². The largest absolute Gasteiger partial charge is 0.309 e. The molecule has 0 radical (unpaired) electrons. The van der Waals surface area contributed by atoms with Crippen LogP contribution < -0.4 is 4.72 Å². The molecular formula is C9H7NO3S. The van der Waals surface area contributed by atoms with Crippen LogP contribution in [0.4, 0.5) is 0 Å². The van der Waals surface area contributed by atoms with Crippen molar-refractivity contribution in [1.82, 2.24) is 4.72 Å². The minimum absolute atomic E-state index is 0.00333. The summed E-state index contributed by atoms with van der Waals surface area (Å²) in [6.45, 7) is 0. The van der Waals surface area contributed by atoms with Crippen LogP contribution in [-0.2, 0) is 14.8 Å². The maximum atomic E-state index is 11.4. The summed E-state index contributed by atoms with van der Waals surface area (Å²) in [6.07, 6.45) is 4.73. The molecule has 5 heteroatoms. The maximum absolute atomic E-state index is 11.4. The van der Waals surface area contributed by atoms with Gasteiger partial charge in [-0.05, 0) is 18.1 Å². The summed E-state index contributed by atoms with van der Waals surface area (Å²) in [4.78, 5) is 10.7. The number of terminal acetylenes is 1.